The van der Waals surface area contributed by atoms with Gasteiger partial charge in [0.2, 0.25) is 5.91 Å². The number of aryl methyl sites for hydroxylation is 3. The standard InChI is InChI=1S/C21H21N7OS/c1-13-9-14(2)24-20(23-13)28-18(10-15(3)27-28)26-19(29)12-30-21-22-11-17(25-21)16-7-5-4-6-8-16/h4-11H,12H2,1-3H3,(H,22,25)(H,26,29). The molecule has 0 aliphatic rings. The van der Waals surface area contributed by atoms with Gasteiger partial charge in [-0.2, -0.15) is 9.78 Å². The van der Waals surface area contributed by atoms with E-state index in [1.165, 1.54) is 11.8 Å². The molecule has 0 atom stereocenters. The average molecular weight is 420 g/mol. The molecule has 2 N–H and O–H groups in total. The molecular formula is C21H21N7OS. The number of imidazole rings is 1. The Morgan fingerprint density at radius 3 is 2.53 bits per heavy atom. The van der Waals surface area contributed by atoms with Crippen molar-refractivity contribution >= 4 is 23.5 Å². The number of hydrogen-bond acceptors (Lipinski definition) is 6. The lowest BCUT2D eigenvalue weighted by atomic mass is 10.2. The third-order valence-electron chi connectivity index (χ3n) is 4.24. The van der Waals surface area contributed by atoms with Gasteiger partial charge in [-0.05, 0) is 32.4 Å². The molecule has 9 heteroatoms. The number of amides is 1. The van der Waals surface area contributed by atoms with Crippen LogP contribution in [0.3, 0.4) is 0 Å². The van der Waals surface area contributed by atoms with Crippen molar-refractivity contribution in [2.24, 2.45) is 0 Å². The van der Waals surface area contributed by atoms with E-state index in [-0.39, 0.29) is 11.7 Å². The number of anilines is 1. The van der Waals surface area contributed by atoms with Gasteiger partial charge in [0.1, 0.15) is 5.82 Å². The van der Waals surface area contributed by atoms with Gasteiger partial charge in [-0.1, -0.05) is 42.1 Å². The minimum Gasteiger partial charge on any atom is -0.333 e. The molecule has 0 saturated carbocycles. The number of thioether (sulfide) groups is 1. The van der Waals surface area contributed by atoms with Crippen molar-refractivity contribution in [1.82, 2.24) is 29.7 Å². The van der Waals surface area contributed by atoms with Crippen LogP contribution >= 0.6 is 11.8 Å². The van der Waals surface area contributed by atoms with Gasteiger partial charge >= 0.3 is 0 Å². The first-order chi connectivity index (χ1) is 14.5. The summed E-state index contributed by atoms with van der Waals surface area (Å²) < 4.78 is 1.55. The van der Waals surface area contributed by atoms with Crippen molar-refractivity contribution in [3.63, 3.8) is 0 Å². The lowest BCUT2D eigenvalue weighted by Crippen LogP contribution is -2.18. The van der Waals surface area contributed by atoms with E-state index in [0.29, 0.717) is 16.9 Å². The molecule has 152 valence electrons. The van der Waals surface area contributed by atoms with Crippen LogP contribution in [-0.4, -0.2) is 41.4 Å². The monoisotopic (exact) mass is 419 g/mol. The van der Waals surface area contributed by atoms with E-state index in [0.717, 1.165) is 28.3 Å². The fourth-order valence-corrected chi connectivity index (χ4v) is 3.65. The van der Waals surface area contributed by atoms with E-state index in [2.05, 4.69) is 30.4 Å². The molecule has 1 amide bonds. The maximum absolute atomic E-state index is 12.5. The SMILES string of the molecule is Cc1cc(C)nc(-n2nc(C)cc2NC(=O)CSc2ncc(-c3ccccc3)[nH]2)n1. The normalized spacial score (nSPS) is 10.9. The van der Waals surface area contributed by atoms with E-state index < -0.39 is 0 Å². The predicted octanol–water partition coefficient (Wildman–Crippen LogP) is 3.71. The van der Waals surface area contributed by atoms with Crippen LogP contribution in [0.25, 0.3) is 17.2 Å². The zero-order chi connectivity index (χ0) is 21.1. The van der Waals surface area contributed by atoms with Crippen LogP contribution in [0.4, 0.5) is 5.82 Å². The fourth-order valence-electron chi connectivity index (χ4n) is 3.00. The molecule has 0 aliphatic heterocycles. The van der Waals surface area contributed by atoms with Crippen LogP contribution in [0.15, 0.2) is 53.8 Å². The summed E-state index contributed by atoms with van der Waals surface area (Å²) in [5, 5.41) is 8.01. The number of carbonyl (C=O) groups excluding carboxylic acids is 1. The highest BCUT2D eigenvalue weighted by molar-refractivity contribution is 7.99. The van der Waals surface area contributed by atoms with Gasteiger partial charge in [-0.25, -0.2) is 15.0 Å². The summed E-state index contributed by atoms with van der Waals surface area (Å²) in [5.41, 5.74) is 4.41. The van der Waals surface area contributed by atoms with Crippen molar-refractivity contribution in [3.8, 4) is 17.2 Å². The summed E-state index contributed by atoms with van der Waals surface area (Å²) in [6.07, 6.45) is 1.77. The van der Waals surface area contributed by atoms with Crippen LogP contribution < -0.4 is 5.32 Å². The predicted molar refractivity (Wildman–Crippen MR) is 117 cm³/mol. The fraction of sp³-hybridized carbons (Fsp3) is 0.190. The van der Waals surface area contributed by atoms with E-state index in [1.807, 2.05) is 57.2 Å². The molecule has 0 unspecified atom stereocenters. The summed E-state index contributed by atoms with van der Waals surface area (Å²) in [6, 6.07) is 13.6. The highest BCUT2D eigenvalue weighted by Crippen LogP contribution is 2.22. The van der Waals surface area contributed by atoms with Crippen molar-refractivity contribution < 1.29 is 4.79 Å². The number of nitrogens with zero attached hydrogens (tertiary/aromatic N) is 5. The maximum atomic E-state index is 12.5. The first-order valence-corrected chi connectivity index (χ1v) is 10.4. The lowest BCUT2D eigenvalue weighted by Gasteiger charge is -2.08. The van der Waals surface area contributed by atoms with Gasteiger partial charge in [0.25, 0.3) is 5.95 Å². The number of H-pyrrole nitrogens is 1. The van der Waals surface area contributed by atoms with E-state index in [9.17, 15) is 4.79 Å². The zero-order valence-corrected chi connectivity index (χ0v) is 17.7. The zero-order valence-electron chi connectivity index (χ0n) is 16.9. The third-order valence-corrected chi connectivity index (χ3v) is 5.12. The number of benzene rings is 1. The first-order valence-electron chi connectivity index (χ1n) is 9.40. The molecule has 3 aromatic heterocycles. The minimum absolute atomic E-state index is 0.164. The Morgan fingerprint density at radius 2 is 1.80 bits per heavy atom. The Balaban J connectivity index is 1.43. The number of aromatic amines is 1. The molecule has 0 aliphatic carbocycles. The summed E-state index contributed by atoms with van der Waals surface area (Å²) in [4.78, 5) is 29.0. The van der Waals surface area contributed by atoms with Crippen LogP contribution in [0.5, 0.6) is 0 Å². The Labute approximate surface area is 178 Å². The van der Waals surface area contributed by atoms with Crippen LogP contribution in [-0.2, 0) is 4.79 Å². The molecule has 0 bridgehead atoms. The number of rotatable bonds is 6. The maximum Gasteiger partial charge on any atom is 0.252 e. The molecule has 4 rings (SSSR count). The van der Waals surface area contributed by atoms with Gasteiger partial charge in [0.05, 0.1) is 23.3 Å². The molecule has 3 heterocycles. The number of carbonyl (C=O) groups is 1. The summed E-state index contributed by atoms with van der Waals surface area (Å²) in [6.45, 7) is 5.66. The second-order valence-electron chi connectivity index (χ2n) is 6.84. The van der Waals surface area contributed by atoms with E-state index in [4.69, 9.17) is 0 Å². The second kappa shape index (κ2) is 8.50. The molecule has 0 radical (unpaired) electrons. The smallest absolute Gasteiger partial charge is 0.252 e. The summed E-state index contributed by atoms with van der Waals surface area (Å²) >= 11 is 1.34. The Hall–Kier alpha value is -3.46. The molecule has 30 heavy (non-hydrogen) atoms. The molecular weight excluding hydrogens is 398 g/mol. The second-order valence-corrected chi connectivity index (χ2v) is 7.80. The van der Waals surface area contributed by atoms with Crippen molar-refractivity contribution in [2.75, 3.05) is 11.1 Å². The van der Waals surface area contributed by atoms with Gasteiger partial charge in [-0.15, -0.1) is 0 Å². The summed E-state index contributed by atoms with van der Waals surface area (Å²) in [5.74, 6) is 1.01. The number of aromatic nitrogens is 6. The Morgan fingerprint density at radius 1 is 1.07 bits per heavy atom. The molecule has 8 nitrogen and oxygen atoms in total. The Kier molecular flexibility index (Phi) is 5.62. The van der Waals surface area contributed by atoms with Gasteiger partial charge in [0.15, 0.2) is 5.16 Å². The van der Waals surface area contributed by atoms with Crippen molar-refractivity contribution in [1.29, 1.82) is 0 Å². The minimum atomic E-state index is -0.164. The van der Waals surface area contributed by atoms with Crippen LogP contribution in [0, 0.1) is 20.8 Å². The van der Waals surface area contributed by atoms with Gasteiger partial charge < -0.3 is 10.3 Å². The summed E-state index contributed by atoms with van der Waals surface area (Å²) in [7, 11) is 0. The molecule has 0 saturated heterocycles. The van der Waals surface area contributed by atoms with Crippen molar-refractivity contribution in [2.45, 2.75) is 25.9 Å². The molecule has 1 aromatic carbocycles. The van der Waals surface area contributed by atoms with Crippen molar-refractivity contribution in [3.05, 3.63) is 65.7 Å². The Bertz CT molecular complexity index is 1160. The molecule has 4 aromatic rings. The average Bonchev–Trinajstić information content (AvgIpc) is 3.33. The third kappa shape index (κ3) is 4.57. The quantitative estimate of drug-likeness (QED) is 0.462. The van der Waals surface area contributed by atoms with E-state index >= 15 is 0 Å². The van der Waals surface area contributed by atoms with Gasteiger partial charge in [-0.3, -0.25) is 4.79 Å². The van der Waals surface area contributed by atoms with E-state index in [1.54, 1.807) is 16.9 Å². The number of hydrogen-bond donors (Lipinski definition) is 2. The highest BCUT2D eigenvalue weighted by atomic mass is 32.2. The topological polar surface area (TPSA) is 101 Å². The number of nitrogens with one attached hydrogen (secondary N) is 2. The first kappa shape index (κ1) is 19.8. The van der Waals surface area contributed by atoms with Crippen LogP contribution in [0.1, 0.15) is 17.1 Å². The highest BCUT2D eigenvalue weighted by Gasteiger charge is 2.14. The molecule has 0 fully saturated rings. The van der Waals surface area contributed by atoms with Crippen LogP contribution in [0.2, 0.25) is 0 Å². The van der Waals surface area contributed by atoms with Gasteiger partial charge in [0, 0.05) is 17.5 Å². The largest absolute Gasteiger partial charge is 0.333 e. The molecule has 0 spiro atoms. The lowest BCUT2D eigenvalue weighted by molar-refractivity contribution is -0.113.